The summed E-state index contributed by atoms with van der Waals surface area (Å²) in [6.07, 6.45) is 2.36. The second-order valence-corrected chi connectivity index (χ2v) is 6.80. The van der Waals surface area contributed by atoms with Gasteiger partial charge in [0.15, 0.2) is 0 Å². The first kappa shape index (κ1) is 19.7. The Hall–Kier alpha value is -1.30. The minimum absolute atomic E-state index is 0. The summed E-state index contributed by atoms with van der Waals surface area (Å²) >= 11 is 0. The van der Waals surface area contributed by atoms with Gasteiger partial charge in [-0.15, -0.1) is 12.4 Å². The highest BCUT2D eigenvalue weighted by atomic mass is 35.5. The zero-order chi connectivity index (χ0) is 16.2. The third kappa shape index (κ3) is 6.01. The van der Waals surface area contributed by atoms with Crippen LogP contribution in [-0.4, -0.2) is 31.3 Å². The summed E-state index contributed by atoms with van der Waals surface area (Å²) in [7, 11) is 0. The van der Waals surface area contributed by atoms with Gasteiger partial charge in [-0.05, 0) is 42.5 Å². The van der Waals surface area contributed by atoms with Crippen LogP contribution in [0.3, 0.4) is 0 Å². The van der Waals surface area contributed by atoms with E-state index in [1.807, 2.05) is 45.0 Å². The van der Waals surface area contributed by atoms with E-state index in [1.54, 1.807) is 0 Å². The summed E-state index contributed by atoms with van der Waals surface area (Å²) in [4.78, 5) is 12.1. The minimum atomic E-state index is -0.553. The topological polar surface area (TPSA) is 73.6 Å². The van der Waals surface area contributed by atoms with Gasteiger partial charge in [0.1, 0.15) is 12.4 Å². The number of benzene rings is 1. The maximum Gasteiger partial charge on any atom is 0.241 e. The van der Waals surface area contributed by atoms with Gasteiger partial charge in [-0.1, -0.05) is 20.8 Å². The summed E-state index contributed by atoms with van der Waals surface area (Å²) in [5, 5.41) is 2.83. The Morgan fingerprint density at radius 2 is 2.04 bits per heavy atom. The molecule has 0 bridgehead atoms. The van der Waals surface area contributed by atoms with Crippen molar-refractivity contribution in [3.63, 3.8) is 0 Å². The van der Waals surface area contributed by atoms with E-state index in [1.165, 1.54) is 0 Å². The predicted molar refractivity (Wildman–Crippen MR) is 94.2 cm³/mol. The van der Waals surface area contributed by atoms with E-state index < -0.39 is 6.04 Å². The fourth-order valence-corrected chi connectivity index (χ4v) is 2.21. The van der Waals surface area contributed by atoms with Crippen LogP contribution in [0.1, 0.15) is 33.6 Å². The van der Waals surface area contributed by atoms with Crippen LogP contribution in [0.2, 0.25) is 0 Å². The number of ether oxygens (including phenoxy) is 2. The van der Waals surface area contributed by atoms with Crippen molar-refractivity contribution in [2.75, 3.05) is 18.5 Å². The van der Waals surface area contributed by atoms with E-state index in [-0.39, 0.29) is 29.8 Å². The average molecular weight is 343 g/mol. The molecule has 1 aromatic carbocycles. The molecule has 1 aromatic rings. The predicted octanol–water partition coefficient (Wildman–Crippen LogP) is 2.98. The second kappa shape index (κ2) is 8.52. The van der Waals surface area contributed by atoms with Crippen LogP contribution >= 0.6 is 12.4 Å². The Bertz CT molecular complexity index is 494. The molecule has 5 nitrogen and oxygen atoms in total. The summed E-state index contributed by atoms with van der Waals surface area (Å²) in [5.74, 6) is 0.592. The number of carbonyl (C=O) groups excluding carboxylic acids is 1. The Kier molecular flexibility index (Phi) is 7.32. The summed E-state index contributed by atoms with van der Waals surface area (Å²) in [6.45, 7) is 7.23. The molecule has 2 rings (SSSR count). The number of nitrogens with two attached hydrogens (primary N) is 1. The molecule has 1 aliphatic rings. The van der Waals surface area contributed by atoms with Gasteiger partial charge in [0.25, 0.3) is 0 Å². The zero-order valence-electron chi connectivity index (χ0n) is 14.0. The second-order valence-electron chi connectivity index (χ2n) is 6.80. The quantitative estimate of drug-likeness (QED) is 0.862. The first-order chi connectivity index (χ1) is 10.4. The molecule has 1 saturated heterocycles. The van der Waals surface area contributed by atoms with Crippen LogP contribution in [0.4, 0.5) is 5.69 Å². The monoisotopic (exact) mass is 342 g/mol. The number of hydrogen-bond acceptors (Lipinski definition) is 4. The number of nitrogens with one attached hydrogen (secondary N) is 1. The van der Waals surface area contributed by atoms with Gasteiger partial charge in [-0.3, -0.25) is 4.79 Å². The normalized spacial score (nSPS) is 18.9. The number of amides is 1. The lowest BCUT2D eigenvalue weighted by molar-refractivity contribution is -0.119. The zero-order valence-corrected chi connectivity index (χ0v) is 14.8. The lowest BCUT2D eigenvalue weighted by atomic mass is 9.87. The number of halogens is 1. The molecule has 1 aliphatic heterocycles. The Balaban J connectivity index is 0.00000264. The van der Waals surface area contributed by atoms with Crippen molar-refractivity contribution in [3.05, 3.63) is 24.3 Å². The van der Waals surface area contributed by atoms with Crippen molar-refractivity contribution in [1.29, 1.82) is 0 Å². The van der Waals surface area contributed by atoms with Gasteiger partial charge in [0, 0.05) is 12.3 Å². The molecule has 3 N–H and O–H groups in total. The van der Waals surface area contributed by atoms with E-state index in [2.05, 4.69) is 5.32 Å². The highest BCUT2D eigenvalue weighted by molar-refractivity contribution is 5.95. The maximum absolute atomic E-state index is 12.1. The lowest BCUT2D eigenvalue weighted by Crippen LogP contribution is -2.45. The van der Waals surface area contributed by atoms with Crippen LogP contribution in [0.25, 0.3) is 0 Å². The molecule has 1 heterocycles. The fourth-order valence-electron chi connectivity index (χ4n) is 2.21. The van der Waals surface area contributed by atoms with Gasteiger partial charge < -0.3 is 20.5 Å². The molecular formula is C17H27ClN2O3. The minimum Gasteiger partial charge on any atom is -0.491 e. The van der Waals surface area contributed by atoms with Crippen LogP contribution in [0.5, 0.6) is 5.75 Å². The molecule has 1 unspecified atom stereocenters. The van der Waals surface area contributed by atoms with Crippen molar-refractivity contribution in [1.82, 2.24) is 0 Å². The number of hydrogen-bond donors (Lipinski definition) is 2. The van der Waals surface area contributed by atoms with Crippen molar-refractivity contribution in [2.24, 2.45) is 11.1 Å². The molecule has 0 spiro atoms. The van der Waals surface area contributed by atoms with Gasteiger partial charge in [0.05, 0.1) is 12.1 Å². The van der Waals surface area contributed by atoms with E-state index in [4.69, 9.17) is 15.2 Å². The van der Waals surface area contributed by atoms with Crippen molar-refractivity contribution < 1.29 is 14.3 Å². The van der Waals surface area contributed by atoms with Gasteiger partial charge in [0.2, 0.25) is 5.91 Å². The number of anilines is 1. The molecule has 130 valence electrons. The Morgan fingerprint density at radius 1 is 1.39 bits per heavy atom. The van der Waals surface area contributed by atoms with Crippen molar-refractivity contribution >= 4 is 24.0 Å². The largest absolute Gasteiger partial charge is 0.491 e. The first-order valence-corrected chi connectivity index (χ1v) is 7.77. The van der Waals surface area contributed by atoms with E-state index >= 15 is 0 Å². The molecule has 0 aromatic heterocycles. The molecule has 1 amide bonds. The van der Waals surface area contributed by atoms with Crippen LogP contribution < -0.4 is 15.8 Å². The molecule has 2 atom stereocenters. The van der Waals surface area contributed by atoms with Crippen LogP contribution in [0, 0.1) is 5.41 Å². The van der Waals surface area contributed by atoms with E-state index in [0.717, 1.165) is 25.2 Å². The summed E-state index contributed by atoms with van der Waals surface area (Å²) in [5.41, 5.74) is 6.39. The summed E-state index contributed by atoms with van der Waals surface area (Å²) in [6, 6.07) is 6.76. The maximum atomic E-state index is 12.1. The van der Waals surface area contributed by atoms with Crippen molar-refractivity contribution in [3.8, 4) is 5.75 Å². The molecule has 1 fully saturated rings. The molecule has 0 radical (unpaired) electrons. The Morgan fingerprint density at radius 3 is 2.57 bits per heavy atom. The Labute approximate surface area is 144 Å². The first-order valence-electron chi connectivity index (χ1n) is 7.77. The number of rotatable bonds is 5. The molecule has 0 saturated carbocycles. The SMILES string of the molecule is CC(C)(C)[C@H](N)C(=O)Nc1ccc(OCC2CCCO2)cc1.Cl. The molecule has 23 heavy (non-hydrogen) atoms. The summed E-state index contributed by atoms with van der Waals surface area (Å²) < 4.78 is 11.2. The van der Waals surface area contributed by atoms with Crippen molar-refractivity contribution in [2.45, 2.75) is 45.8 Å². The third-order valence-corrected chi connectivity index (χ3v) is 3.80. The van der Waals surface area contributed by atoms with E-state index in [9.17, 15) is 4.79 Å². The fraction of sp³-hybridized carbons (Fsp3) is 0.588. The highest BCUT2D eigenvalue weighted by Gasteiger charge is 2.27. The number of carbonyl (C=O) groups is 1. The molecule has 6 heteroatoms. The van der Waals surface area contributed by atoms with Crippen LogP contribution in [-0.2, 0) is 9.53 Å². The standard InChI is InChI=1S/C17H26N2O3.ClH/c1-17(2,3)15(18)16(20)19-12-6-8-13(9-7-12)22-11-14-5-4-10-21-14;/h6-9,14-15H,4-5,10-11,18H2,1-3H3,(H,19,20);1H/t14?,15-;/m1./s1. The molecular weight excluding hydrogens is 316 g/mol. The average Bonchev–Trinajstić information content (AvgIpc) is 2.98. The lowest BCUT2D eigenvalue weighted by Gasteiger charge is -2.25. The van der Waals surface area contributed by atoms with E-state index in [0.29, 0.717) is 12.3 Å². The smallest absolute Gasteiger partial charge is 0.241 e. The molecule has 0 aliphatic carbocycles. The van der Waals surface area contributed by atoms with Crippen LogP contribution in [0.15, 0.2) is 24.3 Å². The van der Waals surface area contributed by atoms with Gasteiger partial charge in [-0.2, -0.15) is 0 Å². The third-order valence-electron chi connectivity index (χ3n) is 3.80. The van der Waals surface area contributed by atoms with Gasteiger partial charge >= 0.3 is 0 Å². The van der Waals surface area contributed by atoms with Gasteiger partial charge in [-0.25, -0.2) is 0 Å². The highest BCUT2D eigenvalue weighted by Crippen LogP contribution is 2.21.